The lowest BCUT2D eigenvalue weighted by molar-refractivity contribution is -0.137. The zero-order chi connectivity index (χ0) is 27.9. The highest BCUT2D eigenvalue weighted by Gasteiger charge is 2.44. The molecule has 1 saturated carbocycles. The normalized spacial score (nSPS) is 26.2. The SMILES string of the molecule is CC.CC1CN(C2CCC(C)(C(=O)NCc3cc(Cl)cc(C(F)(F)F)c3)C2)CC[C@H]1/C=C\c1ccccc1. The average molecular weight is 549 g/mol. The van der Waals surface area contributed by atoms with E-state index >= 15 is 0 Å². The van der Waals surface area contributed by atoms with E-state index < -0.39 is 17.2 Å². The summed E-state index contributed by atoms with van der Waals surface area (Å²) in [5.74, 6) is 0.967. The van der Waals surface area contributed by atoms with Crippen LogP contribution >= 0.6 is 11.6 Å². The van der Waals surface area contributed by atoms with Crippen LogP contribution in [0.2, 0.25) is 5.02 Å². The molecule has 1 saturated heterocycles. The summed E-state index contributed by atoms with van der Waals surface area (Å²) in [6.07, 6.45) is 3.66. The van der Waals surface area contributed by atoms with Gasteiger partial charge in [0.15, 0.2) is 0 Å². The number of halogens is 4. The van der Waals surface area contributed by atoms with Crippen LogP contribution in [0, 0.1) is 17.3 Å². The molecule has 1 aliphatic carbocycles. The van der Waals surface area contributed by atoms with E-state index in [0.29, 0.717) is 23.4 Å². The number of likely N-dealkylation sites (tertiary alicyclic amines) is 1. The summed E-state index contributed by atoms with van der Waals surface area (Å²) in [6, 6.07) is 14.1. The largest absolute Gasteiger partial charge is 0.416 e. The third-order valence-corrected chi connectivity index (χ3v) is 8.07. The van der Waals surface area contributed by atoms with Gasteiger partial charge in [-0.1, -0.05) is 81.8 Å². The van der Waals surface area contributed by atoms with E-state index in [0.717, 1.165) is 50.9 Å². The number of nitrogens with zero attached hydrogens (tertiary/aromatic N) is 1. The molecule has 1 aliphatic heterocycles. The quantitative estimate of drug-likeness (QED) is 0.394. The van der Waals surface area contributed by atoms with E-state index in [2.05, 4.69) is 41.4 Å². The third-order valence-electron chi connectivity index (χ3n) is 7.86. The molecule has 208 valence electrons. The van der Waals surface area contributed by atoms with Crippen molar-refractivity contribution in [2.45, 2.75) is 72.1 Å². The Morgan fingerprint density at radius 1 is 1.16 bits per heavy atom. The summed E-state index contributed by atoms with van der Waals surface area (Å²) in [5.41, 5.74) is 0.240. The smallest absolute Gasteiger partial charge is 0.352 e. The zero-order valence-electron chi connectivity index (χ0n) is 22.8. The van der Waals surface area contributed by atoms with Crippen LogP contribution in [0.4, 0.5) is 13.2 Å². The number of benzene rings is 2. The van der Waals surface area contributed by atoms with E-state index in [1.807, 2.05) is 39.0 Å². The molecule has 0 radical (unpaired) electrons. The molecule has 2 aromatic carbocycles. The molecule has 3 unspecified atom stereocenters. The number of rotatable bonds is 6. The van der Waals surface area contributed by atoms with Gasteiger partial charge in [0.2, 0.25) is 5.91 Å². The van der Waals surface area contributed by atoms with Crippen molar-refractivity contribution in [3.63, 3.8) is 0 Å². The molecule has 2 aliphatic rings. The van der Waals surface area contributed by atoms with Gasteiger partial charge < -0.3 is 10.2 Å². The molecule has 2 aromatic rings. The Kier molecular flexibility index (Phi) is 10.5. The topological polar surface area (TPSA) is 32.3 Å². The van der Waals surface area contributed by atoms with Crippen molar-refractivity contribution in [3.8, 4) is 0 Å². The minimum Gasteiger partial charge on any atom is -0.352 e. The Balaban J connectivity index is 0.00000195. The highest BCUT2D eigenvalue weighted by molar-refractivity contribution is 6.30. The van der Waals surface area contributed by atoms with Crippen molar-refractivity contribution in [1.82, 2.24) is 10.2 Å². The van der Waals surface area contributed by atoms with Gasteiger partial charge in [0.1, 0.15) is 0 Å². The molecular formula is C31H40ClF3N2O. The van der Waals surface area contributed by atoms with Crippen molar-refractivity contribution < 1.29 is 18.0 Å². The molecule has 1 amide bonds. The van der Waals surface area contributed by atoms with Crippen molar-refractivity contribution in [1.29, 1.82) is 0 Å². The first-order valence-corrected chi connectivity index (χ1v) is 14.0. The van der Waals surface area contributed by atoms with E-state index in [1.54, 1.807) is 0 Å². The highest BCUT2D eigenvalue weighted by Crippen LogP contribution is 2.42. The van der Waals surface area contributed by atoms with Gasteiger partial charge in [0.05, 0.1) is 5.56 Å². The predicted molar refractivity (Wildman–Crippen MR) is 150 cm³/mol. The number of piperidine rings is 1. The fourth-order valence-electron chi connectivity index (χ4n) is 5.65. The number of hydrogen-bond acceptors (Lipinski definition) is 2. The minimum absolute atomic E-state index is 0.0114. The van der Waals surface area contributed by atoms with E-state index in [-0.39, 0.29) is 17.5 Å². The van der Waals surface area contributed by atoms with E-state index in [4.69, 9.17) is 11.6 Å². The number of allylic oxidation sites excluding steroid dienone is 1. The molecule has 1 N–H and O–H groups in total. The predicted octanol–water partition coefficient (Wildman–Crippen LogP) is 8.23. The van der Waals surface area contributed by atoms with Crippen LogP contribution in [-0.4, -0.2) is 29.9 Å². The van der Waals surface area contributed by atoms with Crippen LogP contribution in [0.15, 0.2) is 54.6 Å². The summed E-state index contributed by atoms with van der Waals surface area (Å²) < 4.78 is 39.3. The van der Waals surface area contributed by atoms with Crippen molar-refractivity contribution >= 4 is 23.6 Å². The van der Waals surface area contributed by atoms with Crippen LogP contribution in [0.25, 0.3) is 6.08 Å². The molecule has 2 fully saturated rings. The first-order chi connectivity index (χ1) is 18.0. The fourth-order valence-corrected chi connectivity index (χ4v) is 5.91. The number of hydrogen-bond donors (Lipinski definition) is 1. The highest BCUT2D eigenvalue weighted by atomic mass is 35.5. The summed E-state index contributed by atoms with van der Waals surface area (Å²) in [7, 11) is 0. The lowest BCUT2D eigenvalue weighted by atomic mass is 9.84. The summed E-state index contributed by atoms with van der Waals surface area (Å²) in [4.78, 5) is 15.6. The maximum absolute atomic E-state index is 13.1. The third kappa shape index (κ3) is 7.86. The fraction of sp³-hybridized carbons (Fsp3) is 0.516. The number of nitrogens with one attached hydrogen (secondary N) is 1. The van der Waals surface area contributed by atoms with Crippen molar-refractivity contribution in [2.24, 2.45) is 17.3 Å². The number of alkyl halides is 3. The standard InChI is InChI=1S/C29H34ClF3N2O.C2H6/c1-20-19-35(13-11-23(20)9-8-21-6-4-3-5-7-21)26-10-12-28(2,17-26)27(36)34-18-22-14-24(29(31,32)33)16-25(30)15-22;1-2/h3-9,14-16,20,23,26H,10-13,17-19H2,1-2H3,(H,34,36);1-2H3/b9-8-;/t20?,23-,26?,28?;/m1./s1. The van der Waals surface area contributed by atoms with E-state index in [1.165, 1.54) is 11.6 Å². The Morgan fingerprint density at radius 3 is 2.53 bits per heavy atom. The number of carbonyl (C=O) groups is 1. The Bertz CT molecular complexity index is 1090. The van der Waals surface area contributed by atoms with Gasteiger partial charge in [-0.25, -0.2) is 0 Å². The number of amides is 1. The maximum Gasteiger partial charge on any atom is 0.416 e. The zero-order valence-corrected chi connectivity index (χ0v) is 23.6. The molecule has 4 atom stereocenters. The van der Waals surface area contributed by atoms with Crippen molar-refractivity contribution in [3.05, 3.63) is 76.3 Å². The van der Waals surface area contributed by atoms with Gasteiger partial charge in [-0.05, 0) is 73.4 Å². The van der Waals surface area contributed by atoms with Gasteiger partial charge in [0.25, 0.3) is 0 Å². The molecule has 7 heteroatoms. The number of carbonyl (C=O) groups excluding carboxylic acids is 1. The van der Waals surface area contributed by atoms with Gasteiger partial charge in [0, 0.05) is 29.6 Å². The maximum atomic E-state index is 13.1. The lowest BCUT2D eigenvalue weighted by Crippen LogP contribution is -2.45. The molecular weight excluding hydrogens is 509 g/mol. The second-order valence-corrected chi connectivity index (χ2v) is 11.1. The molecule has 0 bridgehead atoms. The van der Waals surface area contributed by atoms with Gasteiger partial charge in [-0.3, -0.25) is 4.79 Å². The Labute approximate surface area is 230 Å². The second-order valence-electron chi connectivity index (χ2n) is 10.7. The second kappa shape index (κ2) is 13.2. The first kappa shape index (κ1) is 30.2. The van der Waals surface area contributed by atoms with Crippen LogP contribution in [0.3, 0.4) is 0 Å². The average Bonchev–Trinajstić information content (AvgIpc) is 3.31. The van der Waals surface area contributed by atoms with Crippen LogP contribution in [0.1, 0.15) is 70.1 Å². The molecule has 0 spiro atoms. The molecule has 4 rings (SSSR count). The van der Waals surface area contributed by atoms with Gasteiger partial charge in [-0.2, -0.15) is 13.2 Å². The minimum atomic E-state index is -4.48. The lowest BCUT2D eigenvalue weighted by Gasteiger charge is -2.39. The Morgan fingerprint density at radius 2 is 1.87 bits per heavy atom. The van der Waals surface area contributed by atoms with Gasteiger partial charge >= 0.3 is 6.18 Å². The first-order valence-electron chi connectivity index (χ1n) is 13.7. The van der Waals surface area contributed by atoms with Crippen molar-refractivity contribution in [2.75, 3.05) is 13.1 Å². The monoisotopic (exact) mass is 548 g/mol. The van der Waals surface area contributed by atoms with Crippen LogP contribution < -0.4 is 5.32 Å². The Hall–Kier alpha value is -2.31. The summed E-state index contributed by atoms with van der Waals surface area (Å²) in [6.45, 7) is 10.3. The van der Waals surface area contributed by atoms with Gasteiger partial charge in [-0.15, -0.1) is 0 Å². The molecule has 1 heterocycles. The molecule has 38 heavy (non-hydrogen) atoms. The molecule has 3 nitrogen and oxygen atoms in total. The molecule has 0 aromatic heterocycles. The van der Waals surface area contributed by atoms with Crippen LogP contribution in [-0.2, 0) is 17.5 Å². The summed E-state index contributed by atoms with van der Waals surface area (Å²) in [5, 5.41) is 2.88. The van der Waals surface area contributed by atoms with E-state index in [9.17, 15) is 18.0 Å². The summed E-state index contributed by atoms with van der Waals surface area (Å²) >= 11 is 5.88. The van der Waals surface area contributed by atoms with Crippen LogP contribution in [0.5, 0.6) is 0 Å².